The van der Waals surface area contributed by atoms with E-state index in [-0.39, 0.29) is 17.0 Å². The number of nitrogens with one attached hydrogen (secondary N) is 2. The number of anilines is 2. The summed E-state index contributed by atoms with van der Waals surface area (Å²) in [6, 6.07) is 2.97. The molecule has 1 unspecified atom stereocenters. The van der Waals surface area contributed by atoms with Crippen molar-refractivity contribution >= 4 is 28.5 Å². The zero-order valence-corrected chi connectivity index (χ0v) is 18.4. The zero-order valence-electron chi connectivity index (χ0n) is 18.4. The molecule has 12 heteroatoms. The second-order valence-electron chi connectivity index (χ2n) is 8.79. The molecule has 2 aromatic heterocycles. The zero-order chi connectivity index (χ0) is 23.8. The minimum Gasteiger partial charge on any atom is -0.477 e. The van der Waals surface area contributed by atoms with E-state index in [4.69, 9.17) is 0 Å². The summed E-state index contributed by atoms with van der Waals surface area (Å²) in [5.41, 5.74) is -0.0408. The number of halogens is 1. The highest BCUT2D eigenvalue weighted by Crippen LogP contribution is 2.38. The van der Waals surface area contributed by atoms with Gasteiger partial charge in [-0.1, -0.05) is 0 Å². The molecule has 0 amide bonds. The van der Waals surface area contributed by atoms with Gasteiger partial charge in [-0.3, -0.25) is 9.69 Å². The van der Waals surface area contributed by atoms with Gasteiger partial charge in [0.15, 0.2) is 0 Å². The summed E-state index contributed by atoms with van der Waals surface area (Å²) in [6.45, 7) is 3.20. The van der Waals surface area contributed by atoms with Gasteiger partial charge in [0.05, 0.1) is 17.3 Å². The molecule has 4 N–H and O–H groups in total. The van der Waals surface area contributed by atoms with E-state index < -0.39 is 23.3 Å². The van der Waals surface area contributed by atoms with Crippen LogP contribution in [-0.4, -0.2) is 86.2 Å². The molecule has 1 aliphatic heterocycles. The summed E-state index contributed by atoms with van der Waals surface area (Å²) in [4.78, 5) is 32.2. The van der Waals surface area contributed by atoms with E-state index >= 15 is 4.39 Å². The minimum atomic E-state index is -1.31. The number of hydrogen-bond donors (Lipinski definition) is 4. The number of aliphatic hydroxyl groups is 1. The molecule has 0 bridgehead atoms. The standard InChI is InChI=1S/C22H26FN7O4/c23-17-7-15-18(30(13-1-2-13)11-16(20(15)32)21(33)34)8-19(17)29-5-3-28(4-6-29)10-14(31)9-24-22-25-12-26-27-22/h7-8,11-14,31H,1-6,9-10H2,(H,33,34)(H2,24,25,26,27). The van der Waals surface area contributed by atoms with Crippen LogP contribution in [0.5, 0.6) is 0 Å². The summed E-state index contributed by atoms with van der Waals surface area (Å²) in [5, 5.41) is 29.2. The number of benzene rings is 1. The first-order chi connectivity index (χ1) is 16.4. The van der Waals surface area contributed by atoms with Crippen molar-refractivity contribution in [3.8, 4) is 0 Å². The fourth-order valence-corrected chi connectivity index (χ4v) is 4.45. The van der Waals surface area contributed by atoms with Gasteiger partial charge in [0.25, 0.3) is 0 Å². The van der Waals surface area contributed by atoms with Crippen LogP contribution in [0.4, 0.5) is 16.0 Å². The van der Waals surface area contributed by atoms with E-state index in [0.29, 0.717) is 56.4 Å². The number of carbonyl (C=O) groups is 1. The molecular formula is C22H26FN7O4. The quantitative estimate of drug-likeness (QED) is 0.377. The first-order valence-corrected chi connectivity index (χ1v) is 11.3. The predicted molar refractivity (Wildman–Crippen MR) is 123 cm³/mol. The van der Waals surface area contributed by atoms with Gasteiger partial charge in [0.1, 0.15) is 17.7 Å². The molecule has 34 heavy (non-hydrogen) atoms. The maximum Gasteiger partial charge on any atom is 0.341 e. The lowest BCUT2D eigenvalue weighted by Gasteiger charge is -2.37. The largest absolute Gasteiger partial charge is 0.477 e. The number of fused-ring (bicyclic) bond motifs is 1. The Bertz CT molecular complexity index is 1250. The topological polar surface area (TPSA) is 140 Å². The third kappa shape index (κ3) is 4.46. The fourth-order valence-electron chi connectivity index (χ4n) is 4.45. The summed E-state index contributed by atoms with van der Waals surface area (Å²) in [6.07, 6.45) is 3.96. The third-order valence-corrected chi connectivity index (χ3v) is 6.37. The van der Waals surface area contributed by atoms with E-state index in [9.17, 15) is 19.8 Å². The lowest BCUT2D eigenvalue weighted by Crippen LogP contribution is -2.49. The highest BCUT2D eigenvalue weighted by Gasteiger charge is 2.28. The number of hydrogen-bond acceptors (Lipinski definition) is 8. The smallest absolute Gasteiger partial charge is 0.341 e. The maximum absolute atomic E-state index is 15.1. The second kappa shape index (κ2) is 9.03. The molecule has 0 spiro atoms. The van der Waals surface area contributed by atoms with Crippen LogP contribution in [-0.2, 0) is 0 Å². The summed E-state index contributed by atoms with van der Waals surface area (Å²) in [5.74, 6) is -1.35. The van der Waals surface area contributed by atoms with Gasteiger partial charge in [-0.15, -0.1) is 0 Å². The SMILES string of the molecule is O=C(O)c1cn(C2CC2)c2cc(N3CCN(CC(O)CNc4ncn[nH]4)CC3)c(F)cc2c1=O. The fraction of sp³-hybridized carbons (Fsp3) is 0.455. The highest BCUT2D eigenvalue weighted by molar-refractivity contribution is 5.93. The molecule has 1 atom stereocenters. The minimum absolute atomic E-state index is 0.0917. The van der Waals surface area contributed by atoms with Crippen LogP contribution in [0.3, 0.4) is 0 Å². The van der Waals surface area contributed by atoms with Gasteiger partial charge >= 0.3 is 5.97 Å². The van der Waals surface area contributed by atoms with Crippen molar-refractivity contribution in [2.45, 2.75) is 25.0 Å². The van der Waals surface area contributed by atoms with Crippen LogP contribution in [0.25, 0.3) is 10.9 Å². The first kappa shape index (κ1) is 22.3. The Hall–Kier alpha value is -3.51. The first-order valence-electron chi connectivity index (χ1n) is 11.3. The summed E-state index contributed by atoms with van der Waals surface area (Å²) < 4.78 is 16.9. The Labute approximate surface area is 193 Å². The van der Waals surface area contributed by atoms with Crippen LogP contribution >= 0.6 is 0 Å². The number of aromatic carboxylic acids is 1. The molecule has 1 saturated heterocycles. The van der Waals surface area contributed by atoms with Crippen molar-refractivity contribution < 1.29 is 19.4 Å². The Morgan fingerprint density at radius 1 is 1.26 bits per heavy atom. The number of aliphatic hydroxyl groups excluding tert-OH is 1. The Morgan fingerprint density at radius 3 is 2.68 bits per heavy atom. The molecule has 5 rings (SSSR count). The number of β-amino-alcohol motifs (C(OH)–C–C–N with tert-alkyl or cyclic N) is 1. The number of piperazine rings is 1. The average Bonchev–Trinajstić information content (AvgIpc) is 3.52. The van der Waals surface area contributed by atoms with Crippen molar-refractivity contribution in [2.24, 2.45) is 0 Å². The number of H-pyrrole nitrogens is 1. The molecule has 2 fully saturated rings. The lowest BCUT2D eigenvalue weighted by atomic mass is 10.1. The molecule has 3 aromatic rings. The Balaban J connectivity index is 1.30. The lowest BCUT2D eigenvalue weighted by molar-refractivity contribution is 0.0694. The number of pyridine rings is 1. The van der Waals surface area contributed by atoms with E-state index in [1.54, 1.807) is 10.6 Å². The number of aromatic amines is 1. The number of carboxylic acids is 1. The van der Waals surface area contributed by atoms with Gasteiger partial charge in [0.2, 0.25) is 11.4 Å². The van der Waals surface area contributed by atoms with Crippen molar-refractivity contribution in [3.05, 3.63) is 46.3 Å². The van der Waals surface area contributed by atoms with Crippen LogP contribution in [0.15, 0.2) is 29.5 Å². The summed E-state index contributed by atoms with van der Waals surface area (Å²) in [7, 11) is 0. The molecule has 1 aromatic carbocycles. The molecular weight excluding hydrogens is 445 g/mol. The van der Waals surface area contributed by atoms with Gasteiger partial charge < -0.3 is 25.0 Å². The predicted octanol–water partition coefficient (Wildman–Crippen LogP) is 0.887. The van der Waals surface area contributed by atoms with Crippen LogP contribution in [0.2, 0.25) is 0 Å². The van der Waals surface area contributed by atoms with Crippen LogP contribution in [0.1, 0.15) is 29.2 Å². The Kier molecular flexibility index (Phi) is 5.92. The number of rotatable bonds is 8. The summed E-state index contributed by atoms with van der Waals surface area (Å²) >= 11 is 0. The molecule has 3 heterocycles. The molecule has 180 valence electrons. The van der Waals surface area contributed by atoms with Gasteiger partial charge in [-0.2, -0.15) is 5.10 Å². The van der Waals surface area contributed by atoms with Crippen molar-refractivity contribution in [2.75, 3.05) is 49.5 Å². The average molecular weight is 471 g/mol. The van der Waals surface area contributed by atoms with E-state index in [0.717, 1.165) is 12.8 Å². The van der Waals surface area contributed by atoms with E-state index in [1.165, 1.54) is 18.6 Å². The van der Waals surface area contributed by atoms with Crippen molar-refractivity contribution in [1.29, 1.82) is 0 Å². The molecule has 1 aliphatic carbocycles. The van der Waals surface area contributed by atoms with Gasteiger partial charge in [-0.25, -0.2) is 19.3 Å². The maximum atomic E-state index is 15.1. The molecule has 0 radical (unpaired) electrons. The highest BCUT2D eigenvalue weighted by atomic mass is 19.1. The number of nitrogens with zero attached hydrogens (tertiary/aromatic N) is 5. The van der Waals surface area contributed by atoms with Crippen LogP contribution < -0.4 is 15.6 Å². The van der Waals surface area contributed by atoms with Gasteiger partial charge in [0, 0.05) is 56.9 Å². The number of aromatic nitrogens is 4. The number of carboxylic acid groups (broad SMARTS) is 1. The molecule has 1 saturated carbocycles. The van der Waals surface area contributed by atoms with Gasteiger partial charge in [-0.05, 0) is 25.0 Å². The van der Waals surface area contributed by atoms with Crippen LogP contribution in [0, 0.1) is 5.82 Å². The molecule has 11 nitrogen and oxygen atoms in total. The normalized spacial score (nSPS) is 17.8. The Morgan fingerprint density at radius 2 is 2.03 bits per heavy atom. The third-order valence-electron chi connectivity index (χ3n) is 6.37. The van der Waals surface area contributed by atoms with Crippen molar-refractivity contribution in [1.82, 2.24) is 24.6 Å². The second-order valence-corrected chi connectivity index (χ2v) is 8.79. The van der Waals surface area contributed by atoms with E-state index in [1.807, 2.05) is 4.90 Å². The monoisotopic (exact) mass is 471 g/mol. The van der Waals surface area contributed by atoms with E-state index in [2.05, 4.69) is 25.4 Å². The molecule has 2 aliphatic rings. The van der Waals surface area contributed by atoms with Crippen molar-refractivity contribution in [3.63, 3.8) is 0 Å².